The topological polar surface area (TPSA) is 68.3 Å². The molecule has 1 aliphatic rings. The molecule has 31 heavy (non-hydrogen) atoms. The first-order valence-corrected chi connectivity index (χ1v) is 10.7. The van der Waals surface area contributed by atoms with Gasteiger partial charge in [-0.25, -0.2) is 9.37 Å². The first-order chi connectivity index (χ1) is 14.7. The molecule has 0 atom stereocenters. The van der Waals surface area contributed by atoms with Crippen molar-refractivity contribution in [2.75, 3.05) is 31.1 Å². The summed E-state index contributed by atoms with van der Waals surface area (Å²) in [4.78, 5) is 14.7. The van der Waals surface area contributed by atoms with E-state index in [-0.39, 0.29) is 29.8 Å². The fraction of sp³-hybridized carbons (Fsp3) is 0.391. The second-order valence-electron chi connectivity index (χ2n) is 7.61. The minimum Gasteiger partial charge on any atom is -0.361 e. The molecule has 0 unspecified atom stereocenters. The number of pyridine rings is 1. The van der Waals surface area contributed by atoms with Crippen LogP contribution in [0.25, 0.3) is 10.9 Å². The zero-order valence-corrected chi connectivity index (χ0v) is 20.1. The number of anilines is 1. The van der Waals surface area contributed by atoms with E-state index in [0.717, 1.165) is 67.1 Å². The second kappa shape index (κ2) is 11.3. The first kappa shape index (κ1) is 23.3. The van der Waals surface area contributed by atoms with E-state index in [1.54, 1.807) is 12.1 Å². The molecule has 0 bridgehead atoms. The molecule has 0 amide bonds. The van der Waals surface area contributed by atoms with Crippen LogP contribution in [0.1, 0.15) is 25.3 Å². The van der Waals surface area contributed by atoms with E-state index < -0.39 is 0 Å². The smallest absolute Gasteiger partial charge is 0.191 e. The molecule has 1 saturated heterocycles. The van der Waals surface area contributed by atoms with E-state index in [2.05, 4.69) is 38.5 Å². The van der Waals surface area contributed by atoms with Crippen LogP contribution in [0.5, 0.6) is 0 Å². The molecular weight excluding hydrogens is 506 g/mol. The molecule has 1 aliphatic heterocycles. The number of halogens is 2. The molecule has 2 aromatic heterocycles. The van der Waals surface area contributed by atoms with Crippen molar-refractivity contribution in [1.82, 2.24) is 20.6 Å². The minimum atomic E-state index is -0.209. The van der Waals surface area contributed by atoms with Gasteiger partial charge in [-0.05, 0) is 62.1 Å². The van der Waals surface area contributed by atoms with Crippen LogP contribution in [0.15, 0.2) is 53.8 Å². The number of aromatic amines is 1. The highest BCUT2D eigenvalue weighted by atomic mass is 127. The van der Waals surface area contributed by atoms with Gasteiger partial charge in [0.15, 0.2) is 5.96 Å². The molecule has 3 aromatic rings. The van der Waals surface area contributed by atoms with Gasteiger partial charge in [-0.2, -0.15) is 0 Å². The highest BCUT2D eigenvalue weighted by molar-refractivity contribution is 14.0. The lowest BCUT2D eigenvalue weighted by molar-refractivity contribution is 0.459. The Bertz CT molecular complexity index is 982. The van der Waals surface area contributed by atoms with Gasteiger partial charge in [0, 0.05) is 55.5 Å². The van der Waals surface area contributed by atoms with Gasteiger partial charge >= 0.3 is 0 Å². The van der Waals surface area contributed by atoms with Gasteiger partial charge in [0.2, 0.25) is 0 Å². The van der Waals surface area contributed by atoms with Gasteiger partial charge in [-0.1, -0.05) is 6.07 Å². The van der Waals surface area contributed by atoms with Crippen LogP contribution in [-0.4, -0.2) is 48.1 Å². The van der Waals surface area contributed by atoms with Crippen molar-refractivity contribution >= 4 is 46.7 Å². The number of guanidine groups is 1. The van der Waals surface area contributed by atoms with Crippen LogP contribution in [0, 0.1) is 5.82 Å². The molecule has 166 valence electrons. The summed E-state index contributed by atoms with van der Waals surface area (Å²) < 4.78 is 13.6. The maximum absolute atomic E-state index is 13.6. The summed E-state index contributed by atoms with van der Waals surface area (Å²) in [6.07, 6.45) is 6.65. The third kappa shape index (κ3) is 6.09. The molecule has 1 fully saturated rings. The fourth-order valence-electron chi connectivity index (χ4n) is 3.95. The average Bonchev–Trinajstić information content (AvgIpc) is 3.17. The highest BCUT2D eigenvalue weighted by Crippen LogP contribution is 2.20. The zero-order chi connectivity index (χ0) is 20.8. The lowest BCUT2D eigenvalue weighted by Gasteiger charge is -2.33. The van der Waals surface area contributed by atoms with Crippen LogP contribution in [0.2, 0.25) is 0 Å². The predicted molar refractivity (Wildman–Crippen MR) is 136 cm³/mol. The summed E-state index contributed by atoms with van der Waals surface area (Å²) in [6.45, 7) is 5.50. The van der Waals surface area contributed by atoms with Crippen molar-refractivity contribution in [2.45, 2.75) is 32.2 Å². The standard InChI is InChI=1S/C23H29FN6.HI/c1-2-25-23(27-12-8-17-16-28-21-7-6-18(24)15-20(17)21)29-19-9-13-30(14-10-19)22-5-3-4-11-26-22;/h3-7,11,15-16,19,28H,2,8-10,12-14H2,1H3,(H2,25,27,29);1H. The molecule has 4 rings (SSSR count). The summed E-state index contributed by atoms with van der Waals surface area (Å²) in [5.41, 5.74) is 2.05. The Labute approximate surface area is 199 Å². The Balaban J connectivity index is 0.00000272. The summed E-state index contributed by atoms with van der Waals surface area (Å²) in [5.74, 6) is 1.69. The molecule has 0 spiro atoms. The molecule has 0 radical (unpaired) electrons. The summed E-state index contributed by atoms with van der Waals surface area (Å²) in [7, 11) is 0. The number of nitrogens with zero attached hydrogens (tertiary/aromatic N) is 3. The van der Waals surface area contributed by atoms with Crippen LogP contribution in [0.3, 0.4) is 0 Å². The fourth-order valence-corrected chi connectivity index (χ4v) is 3.95. The van der Waals surface area contributed by atoms with Crippen LogP contribution >= 0.6 is 24.0 Å². The number of hydrogen-bond acceptors (Lipinski definition) is 3. The Morgan fingerprint density at radius 2 is 2.10 bits per heavy atom. The van der Waals surface area contributed by atoms with E-state index in [1.165, 1.54) is 6.07 Å². The van der Waals surface area contributed by atoms with E-state index >= 15 is 0 Å². The average molecular weight is 536 g/mol. The molecule has 3 N–H and O–H groups in total. The number of benzene rings is 1. The maximum atomic E-state index is 13.6. The third-order valence-electron chi connectivity index (χ3n) is 5.53. The van der Waals surface area contributed by atoms with Crippen molar-refractivity contribution in [3.05, 3.63) is 60.2 Å². The molecule has 6 nitrogen and oxygen atoms in total. The van der Waals surface area contributed by atoms with Crippen LogP contribution in [-0.2, 0) is 6.42 Å². The third-order valence-corrected chi connectivity index (χ3v) is 5.53. The second-order valence-corrected chi connectivity index (χ2v) is 7.61. The Hall–Kier alpha value is -2.36. The minimum absolute atomic E-state index is 0. The van der Waals surface area contributed by atoms with Gasteiger partial charge in [-0.3, -0.25) is 4.99 Å². The van der Waals surface area contributed by atoms with E-state index in [1.807, 2.05) is 24.5 Å². The van der Waals surface area contributed by atoms with Crippen molar-refractivity contribution in [2.24, 2.45) is 4.99 Å². The van der Waals surface area contributed by atoms with Crippen molar-refractivity contribution < 1.29 is 4.39 Å². The number of rotatable bonds is 6. The maximum Gasteiger partial charge on any atom is 0.191 e. The van der Waals surface area contributed by atoms with Crippen molar-refractivity contribution in [1.29, 1.82) is 0 Å². The van der Waals surface area contributed by atoms with Crippen molar-refractivity contribution in [3.63, 3.8) is 0 Å². The van der Waals surface area contributed by atoms with E-state index in [0.29, 0.717) is 12.6 Å². The number of nitrogens with one attached hydrogen (secondary N) is 3. The molecular formula is C23H30FIN6. The molecule has 8 heteroatoms. The number of aromatic nitrogens is 2. The lowest BCUT2D eigenvalue weighted by atomic mass is 10.1. The number of piperidine rings is 1. The number of hydrogen-bond donors (Lipinski definition) is 3. The molecule has 0 aliphatic carbocycles. The molecule has 3 heterocycles. The van der Waals surface area contributed by atoms with E-state index in [9.17, 15) is 4.39 Å². The number of fused-ring (bicyclic) bond motifs is 1. The SMILES string of the molecule is CCNC(=NCCc1c[nH]c2ccc(F)cc12)NC1CCN(c2ccccn2)CC1.I. The van der Waals surface area contributed by atoms with E-state index in [4.69, 9.17) is 4.99 Å². The summed E-state index contributed by atoms with van der Waals surface area (Å²) in [6, 6.07) is 11.3. The van der Waals surface area contributed by atoms with Gasteiger partial charge in [0.1, 0.15) is 11.6 Å². The Kier molecular flexibility index (Phi) is 8.51. The monoisotopic (exact) mass is 536 g/mol. The molecule has 0 saturated carbocycles. The normalized spacial score (nSPS) is 15.0. The quantitative estimate of drug-likeness (QED) is 0.252. The largest absolute Gasteiger partial charge is 0.361 e. The van der Waals surface area contributed by atoms with Gasteiger partial charge in [0.25, 0.3) is 0 Å². The predicted octanol–water partition coefficient (Wildman–Crippen LogP) is 4.09. The number of aliphatic imine (C=N–C) groups is 1. The van der Waals surface area contributed by atoms with Gasteiger partial charge in [-0.15, -0.1) is 24.0 Å². The first-order valence-electron chi connectivity index (χ1n) is 10.7. The Morgan fingerprint density at radius 3 is 2.84 bits per heavy atom. The van der Waals surface area contributed by atoms with Crippen LogP contribution in [0.4, 0.5) is 10.2 Å². The number of H-pyrrole nitrogens is 1. The van der Waals surface area contributed by atoms with Crippen molar-refractivity contribution in [3.8, 4) is 0 Å². The summed E-state index contributed by atoms with van der Waals surface area (Å²) >= 11 is 0. The lowest BCUT2D eigenvalue weighted by Crippen LogP contribution is -2.49. The zero-order valence-electron chi connectivity index (χ0n) is 17.8. The highest BCUT2D eigenvalue weighted by Gasteiger charge is 2.20. The summed E-state index contributed by atoms with van der Waals surface area (Å²) in [5, 5.41) is 7.86. The van der Waals surface area contributed by atoms with Crippen LogP contribution < -0.4 is 15.5 Å². The molecule has 1 aromatic carbocycles. The van der Waals surface area contributed by atoms with Gasteiger partial charge < -0.3 is 20.5 Å². The Morgan fingerprint density at radius 1 is 1.26 bits per heavy atom. The van der Waals surface area contributed by atoms with Gasteiger partial charge in [0.05, 0.1) is 0 Å².